The number of carbonyl (C=O) groups excluding carboxylic acids is 1. The van der Waals surface area contributed by atoms with Gasteiger partial charge in [0.25, 0.3) is 0 Å². The Balaban J connectivity index is 2.90. The Kier molecular flexibility index (Phi) is 4.09. The molecule has 1 aromatic rings. The average Bonchev–Trinajstić information content (AvgIpc) is 2.11. The van der Waals surface area contributed by atoms with Crippen LogP contribution in [0, 0.1) is 12.7 Å². The molecular formula is C11H12ClFO2. The van der Waals surface area contributed by atoms with E-state index in [0.717, 1.165) is 0 Å². The number of ether oxygens (including phenoxy) is 1. The standard InChI is InChI=1S/C11H12ClFO2/c1-3-15-11(14)6-9-7(2)4-8(13)5-10(9)12/h4-5H,3,6H2,1-2H3. The van der Waals surface area contributed by atoms with Crippen LogP contribution < -0.4 is 0 Å². The van der Waals surface area contributed by atoms with Gasteiger partial charge in [-0.3, -0.25) is 4.79 Å². The average molecular weight is 231 g/mol. The highest BCUT2D eigenvalue weighted by Crippen LogP contribution is 2.22. The van der Waals surface area contributed by atoms with Gasteiger partial charge in [0.15, 0.2) is 0 Å². The summed E-state index contributed by atoms with van der Waals surface area (Å²) in [6.45, 7) is 3.78. The number of esters is 1. The van der Waals surface area contributed by atoms with E-state index in [4.69, 9.17) is 16.3 Å². The summed E-state index contributed by atoms with van der Waals surface area (Å²) in [5.74, 6) is -0.751. The quantitative estimate of drug-likeness (QED) is 0.747. The molecule has 0 aliphatic heterocycles. The summed E-state index contributed by atoms with van der Waals surface area (Å²) >= 11 is 5.83. The van der Waals surface area contributed by atoms with Gasteiger partial charge in [-0.05, 0) is 37.1 Å². The first-order valence-electron chi connectivity index (χ1n) is 4.64. The molecule has 0 atom stereocenters. The van der Waals surface area contributed by atoms with Gasteiger partial charge in [0.1, 0.15) is 5.82 Å². The smallest absolute Gasteiger partial charge is 0.310 e. The maximum absolute atomic E-state index is 12.9. The first-order chi connectivity index (χ1) is 7.04. The van der Waals surface area contributed by atoms with Crippen molar-refractivity contribution in [3.8, 4) is 0 Å². The summed E-state index contributed by atoms with van der Waals surface area (Å²) in [5.41, 5.74) is 1.28. The third-order valence-electron chi connectivity index (χ3n) is 2.01. The van der Waals surface area contributed by atoms with Crippen LogP contribution in [0.4, 0.5) is 4.39 Å². The molecule has 0 aliphatic carbocycles. The number of carbonyl (C=O) groups is 1. The third kappa shape index (κ3) is 3.20. The molecule has 0 unspecified atom stereocenters. The highest BCUT2D eigenvalue weighted by atomic mass is 35.5. The lowest BCUT2D eigenvalue weighted by molar-refractivity contribution is -0.142. The van der Waals surface area contributed by atoms with Crippen LogP contribution in [-0.4, -0.2) is 12.6 Å². The topological polar surface area (TPSA) is 26.3 Å². The summed E-state index contributed by atoms with van der Waals surface area (Å²) in [7, 11) is 0. The first kappa shape index (κ1) is 12.0. The van der Waals surface area contributed by atoms with Crippen LogP contribution in [0.2, 0.25) is 5.02 Å². The summed E-state index contributed by atoms with van der Waals surface area (Å²) in [4.78, 5) is 11.2. The summed E-state index contributed by atoms with van der Waals surface area (Å²) in [5, 5.41) is 0.264. The fourth-order valence-corrected chi connectivity index (χ4v) is 1.63. The second kappa shape index (κ2) is 5.12. The fourth-order valence-electron chi connectivity index (χ4n) is 1.31. The summed E-state index contributed by atoms with van der Waals surface area (Å²) in [6.07, 6.45) is 0.0821. The Labute approximate surface area is 93.0 Å². The number of hydrogen-bond donors (Lipinski definition) is 0. The molecular weight excluding hydrogens is 219 g/mol. The van der Waals surface area contributed by atoms with Crippen molar-refractivity contribution in [3.63, 3.8) is 0 Å². The van der Waals surface area contributed by atoms with Crippen LogP contribution in [0.5, 0.6) is 0 Å². The van der Waals surface area contributed by atoms with Gasteiger partial charge in [-0.1, -0.05) is 11.6 Å². The molecule has 0 heterocycles. The zero-order chi connectivity index (χ0) is 11.4. The molecule has 0 aromatic heterocycles. The lowest BCUT2D eigenvalue weighted by atomic mass is 10.1. The monoisotopic (exact) mass is 230 g/mol. The zero-order valence-electron chi connectivity index (χ0n) is 8.64. The predicted molar refractivity (Wildman–Crippen MR) is 56.5 cm³/mol. The summed E-state index contributed by atoms with van der Waals surface area (Å²) < 4.78 is 17.7. The van der Waals surface area contributed by atoms with E-state index in [1.54, 1.807) is 13.8 Å². The molecule has 0 bridgehead atoms. The SMILES string of the molecule is CCOC(=O)Cc1c(C)cc(F)cc1Cl. The Morgan fingerprint density at radius 3 is 2.73 bits per heavy atom. The second-order valence-electron chi connectivity index (χ2n) is 3.16. The maximum Gasteiger partial charge on any atom is 0.310 e. The van der Waals surface area contributed by atoms with Gasteiger partial charge in [-0.25, -0.2) is 4.39 Å². The maximum atomic E-state index is 12.9. The molecule has 15 heavy (non-hydrogen) atoms. The molecule has 0 saturated heterocycles. The predicted octanol–water partition coefficient (Wildman–Crippen LogP) is 2.89. The molecule has 0 aliphatic rings. The number of aryl methyl sites for hydroxylation is 1. The highest BCUT2D eigenvalue weighted by Gasteiger charge is 2.11. The van der Waals surface area contributed by atoms with Crippen molar-refractivity contribution in [2.45, 2.75) is 20.3 Å². The molecule has 0 spiro atoms. The molecule has 0 saturated carbocycles. The highest BCUT2D eigenvalue weighted by molar-refractivity contribution is 6.31. The minimum absolute atomic E-state index is 0.0821. The van der Waals surface area contributed by atoms with Crippen LogP contribution in [-0.2, 0) is 16.0 Å². The molecule has 0 fully saturated rings. The Morgan fingerprint density at radius 2 is 2.20 bits per heavy atom. The first-order valence-corrected chi connectivity index (χ1v) is 5.02. The largest absolute Gasteiger partial charge is 0.466 e. The zero-order valence-corrected chi connectivity index (χ0v) is 9.40. The van der Waals surface area contributed by atoms with E-state index in [0.29, 0.717) is 17.7 Å². The van der Waals surface area contributed by atoms with Crippen molar-refractivity contribution in [2.24, 2.45) is 0 Å². The number of rotatable bonds is 3. The Bertz CT molecular complexity index is 354. The van der Waals surface area contributed by atoms with Crippen molar-refractivity contribution < 1.29 is 13.9 Å². The van der Waals surface area contributed by atoms with Gasteiger partial charge >= 0.3 is 5.97 Å². The lowest BCUT2D eigenvalue weighted by Crippen LogP contribution is -2.09. The fraction of sp³-hybridized carbons (Fsp3) is 0.364. The van der Waals surface area contributed by atoms with Gasteiger partial charge in [0.2, 0.25) is 0 Å². The molecule has 1 rings (SSSR count). The van der Waals surface area contributed by atoms with Crippen LogP contribution in [0.15, 0.2) is 12.1 Å². The van der Waals surface area contributed by atoms with E-state index >= 15 is 0 Å². The Morgan fingerprint density at radius 1 is 1.53 bits per heavy atom. The molecule has 0 N–H and O–H groups in total. The van der Waals surface area contributed by atoms with Crippen molar-refractivity contribution in [1.82, 2.24) is 0 Å². The van der Waals surface area contributed by atoms with E-state index in [-0.39, 0.29) is 17.4 Å². The minimum atomic E-state index is -0.398. The van der Waals surface area contributed by atoms with Crippen LogP contribution >= 0.6 is 11.6 Å². The molecule has 4 heteroatoms. The van der Waals surface area contributed by atoms with Crippen molar-refractivity contribution in [1.29, 1.82) is 0 Å². The molecule has 2 nitrogen and oxygen atoms in total. The van der Waals surface area contributed by atoms with Crippen molar-refractivity contribution in [3.05, 3.63) is 34.1 Å². The molecule has 0 amide bonds. The Hall–Kier alpha value is -1.09. The van der Waals surface area contributed by atoms with Crippen molar-refractivity contribution in [2.75, 3.05) is 6.61 Å². The molecule has 0 radical (unpaired) electrons. The normalized spacial score (nSPS) is 10.1. The van der Waals surface area contributed by atoms with Gasteiger partial charge in [-0.2, -0.15) is 0 Å². The number of benzene rings is 1. The molecule has 82 valence electrons. The van der Waals surface area contributed by atoms with Gasteiger partial charge < -0.3 is 4.74 Å². The molecule has 1 aromatic carbocycles. The van der Waals surface area contributed by atoms with E-state index in [1.807, 2.05) is 0 Å². The lowest BCUT2D eigenvalue weighted by Gasteiger charge is -2.07. The summed E-state index contributed by atoms with van der Waals surface area (Å²) in [6, 6.07) is 2.55. The van der Waals surface area contributed by atoms with E-state index < -0.39 is 5.82 Å². The van der Waals surface area contributed by atoms with Gasteiger partial charge in [0, 0.05) is 5.02 Å². The van der Waals surface area contributed by atoms with Crippen LogP contribution in [0.25, 0.3) is 0 Å². The minimum Gasteiger partial charge on any atom is -0.466 e. The van der Waals surface area contributed by atoms with Gasteiger partial charge in [0.05, 0.1) is 13.0 Å². The van der Waals surface area contributed by atoms with E-state index in [1.165, 1.54) is 12.1 Å². The third-order valence-corrected chi connectivity index (χ3v) is 2.35. The van der Waals surface area contributed by atoms with Crippen LogP contribution in [0.3, 0.4) is 0 Å². The van der Waals surface area contributed by atoms with E-state index in [9.17, 15) is 9.18 Å². The van der Waals surface area contributed by atoms with Gasteiger partial charge in [-0.15, -0.1) is 0 Å². The van der Waals surface area contributed by atoms with Crippen LogP contribution in [0.1, 0.15) is 18.1 Å². The number of halogens is 2. The van der Waals surface area contributed by atoms with Crippen molar-refractivity contribution >= 4 is 17.6 Å². The number of hydrogen-bond acceptors (Lipinski definition) is 2. The second-order valence-corrected chi connectivity index (χ2v) is 3.57. The van der Waals surface area contributed by atoms with E-state index in [2.05, 4.69) is 0 Å².